The van der Waals surface area contributed by atoms with E-state index >= 15 is 0 Å². The van der Waals surface area contributed by atoms with Crippen molar-refractivity contribution in [1.29, 1.82) is 0 Å². The first-order valence-corrected chi connectivity index (χ1v) is 9.76. The smallest absolute Gasteiger partial charge is 0.320 e. The number of rotatable bonds is 6. The van der Waals surface area contributed by atoms with Crippen molar-refractivity contribution in [3.05, 3.63) is 47.2 Å². The van der Waals surface area contributed by atoms with Crippen molar-refractivity contribution in [2.75, 3.05) is 18.5 Å². The minimum absolute atomic E-state index is 0.219. The van der Waals surface area contributed by atoms with E-state index in [1.807, 2.05) is 25.2 Å². The Balaban J connectivity index is 1.58. The SMILES string of the molecule is CC(C)Cc1ccccc1CNC(=O)Nc1cc([C@H]2CCCOC2)nn1C. The third kappa shape index (κ3) is 5.32. The molecule has 1 fully saturated rings. The van der Waals surface area contributed by atoms with Crippen molar-refractivity contribution < 1.29 is 9.53 Å². The number of aryl methyl sites for hydroxylation is 1. The van der Waals surface area contributed by atoms with E-state index in [1.165, 1.54) is 5.56 Å². The van der Waals surface area contributed by atoms with Crippen LogP contribution < -0.4 is 10.6 Å². The fourth-order valence-corrected chi connectivity index (χ4v) is 3.48. The van der Waals surface area contributed by atoms with Crippen LogP contribution in [0.3, 0.4) is 0 Å². The highest BCUT2D eigenvalue weighted by Crippen LogP contribution is 2.26. The van der Waals surface area contributed by atoms with Gasteiger partial charge in [0.25, 0.3) is 0 Å². The molecule has 0 aliphatic carbocycles. The predicted molar refractivity (Wildman–Crippen MR) is 107 cm³/mol. The quantitative estimate of drug-likeness (QED) is 0.812. The van der Waals surface area contributed by atoms with Gasteiger partial charge in [-0.15, -0.1) is 0 Å². The van der Waals surface area contributed by atoms with Gasteiger partial charge in [-0.3, -0.25) is 10.00 Å². The number of anilines is 1. The van der Waals surface area contributed by atoms with Gasteiger partial charge in [0.05, 0.1) is 12.3 Å². The zero-order valence-electron chi connectivity index (χ0n) is 16.5. The first kappa shape index (κ1) is 19.4. The third-order valence-electron chi connectivity index (χ3n) is 4.90. The zero-order valence-corrected chi connectivity index (χ0v) is 16.5. The van der Waals surface area contributed by atoms with E-state index in [-0.39, 0.29) is 6.03 Å². The molecule has 1 saturated heterocycles. The second-order valence-electron chi connectivity index (χ2n) is 7.67. The Hall–Kier alpha value is -2.34. The molecular formula is C21H30N4O2. The molecule has 3 rings (SSSR count). The summed E-state index contributed by atoms with van der Waals surface area (Å²) < 4.78 is 7.26. The van der Waals surface area contributed by atoms with Gasteiger partial charge in [0.2, 0.25) is 0 Å². The van der Waals surface area contributed by atoms with Gasteiger partial charge in [-0.25, -0.2) is 4.79 Å². The van der Waals surface area contributed by atoms with E-state index in [9.17, 15) is 4.79 Å². The summed E-state index contributed by atoms with van der Waals surface area (Å²) in [7, 11) is 1.85. The van der Waals surface area contributed by atoms with Crippen LogP contribution >= 0.6 is 0 Å². The van der Waals surface area contributed by atoms with Gasteiger partial charge in [0, 0.05) is 32.2 Å². The molecule has 2 amide bonds. The average Bonchev–Trinajstić information content (AvgIpc) is 3.02. The first-order valence-electron chi connectivity index (χ1n) is 9.76. The first-order chi connectivity index (χ1) is 13.0. The number of nitrogens with one attached hydrogen (secondary N) is 2. The number of carbonyl (C=O) groups is 1. The lowest BCUT2D eigenvalue weighted by atomic mass is 9.98. The van der Waals surface area contributed by atoms with Crippen LogP contribution in [0.15, 0.2) is 30.3 Å². The molecule has 1 atom stereocenters. The van der Waals surface area contributed by atoms with Gasteiger partial charge >= 0.3 is 6.03 Å². The van der Waals surface area contributed by atoms with Crippen LogP contribution in [0.5, 0.6) is 0 Å². The van der Waals surface area contributed by atoms with E-state index in [2.05, 4.69) is 41.7 Å². The van der Waals surface area contributed by atoms with Crippen LogP contribution in [0.25, 0.3) is 0 Å². The van der Waals surface area contributed by atoms with E-state index in [0.29, 0.717) is 30.8 Å². The molecular weight excluding hydrogens is 340 g/mol. The van der Waals surface area contributed by atoms with Crippen LogP contribution in [0.2, 0.25) is 0 Å². The Kier molecular flexibility index (Phi) is 6.50. The van der Waals surface area contributed by atoms with Crippen molar-refractivity contribution >= 4 is 11.8 Å². The van der Waals surface area contributed by atoms with Crippen LogP contribution in [0, 0.1) is 5.92 Å². The summed E-state index contributed by atoms with van der Waals surface area (Å²) in [4.78, 5) is 12.4. The largest absolute Gasteiger partial charge is 0.381 e. The molecule has 2 heterocycles. The molecule has 146 valence electrons. The number of benzene rings is 1. The van der Waals surface area contributed by atoms with E-state index in [1.54, 1.807) is 4.68 Å². The maximum Gasteiger partial charge on any atom is 0.320 e. The van der Waals surface area contributed by atoms with Crippen LogP contribution in [-0.4, -0.2) is 29.0 Å². The maximum atomic E-state index is 12.4. The number of ether oxygens (including phenoxy) is 1. The molecule has 0 bridgehead atoms. The highest BCUT2D eigenvalue weighted by molar-refractivity contribution is 5.88. The Morgan fingerprint density at radius 3 is 2.81 bits per heavy atom. The van der Waals surface area contributed by atoms with Crippen molar-refractivity contribution in [1.82, 2.24) is 15.1 Å². The highest BCUT2D eigenvalue weighted by atomic mass is 16.5. The molecule has 0 radical (unpaired) electrons. The van der Waals surface area contributed by atoms with Gasteiger partial charge in [-0.05, 0) is 36.3 Å². The summed E-state index contributed by atoms with van der Waals surface area (Å²) in [5.74, 6) is 1.59. The normalized spacial score (nSPS) is 17.1. The molecule has 6 nitrogen and oxygen atoms in total. The summed E-state index contributed by atoms with van der Waals surface area (Å²) in [6.45, 7) is 6.45. The zero-order chi connectivity index (χ0) is 19.2. The summed E-state index contributed by atoms with van der Waals surface area (Å²) in [6, 6.07) is 10.00. The van der Waals surface area contributed by atoms with E-state index < -0.39 is 0 Å². The molecule has 1 aromatic heterocycles. The van der Waals surface area contributed by atoms with Crippen LogP contribution in [0.4, 0.5) is 10.6 Å². The molecule has 2 aromatic rings. The monoisotopic (exact) mass is 370 g/mol. The number of amides is 2. The maximum absolute atomic E-state index is 12.4. The van der Waals surface area contributed by atoms with Crippen molar-refractivity contribution in [2.24, 2.45) is 13.0 Å². The number of hydrogen-bond acceptors (Lipinski definition) is 3. The summed E-state index contributed by atoms with van der Waals surface area (Å²) >= 11 is 0. The Morgan fingerprint density at radius 1 is 1.33 bits per heavy atom. The Bertz CT molecular complexity index is 763. The van der Waals surface area contributed by atoms with Crippen molar-refractivity contribution in [3.63, 3.8) is 0 Å². The summed E-state index contributed by atoms with van der Waals surface area (Å²) in [5, 5.41) is 10.4. The van der Waals surface area contributed by atoms with Gasteiger partial charge in [-0.1, -0.05) is 38.1 Å². The van der Waals surface area contributed by atoms with Crippen LogP contribution in [-0.2, 0) is 24.8 Å². The summed E-state index contributed by atoms with van der Waals surface area (Å²) in [5.41, 5.74) is 3.43. The third-order valence-corrected chi connectivity index (χ3v) is 4.90. The van der Waals surface area contributed by atoms with Gasteiger partial charge in [-0.2, -0.15) is 5.10 Å². The standard InChI is InChI=1S/C21H30N4O2/c1-15(2)11-16-7-4-5-8-17(16)13-22-21(26)23-20-12-19(24-25(20)3)18-9-6-10-27-14-18/h4-5,7-8,12,15,18H,6,9-11,13-14H2,1-3H3,(H2,22,23,26)/t18-/m0/s1. The molecule has 0 spiro atoms. The minimum Gasteiger partial charge on any atom is -0.381 e. The molecule has 6 heteroatoms. The molecule has 1 aliphatic rings. The molecule has 2 N–H and O–H groups in total. The van der Waals surface area contributed by atoms with Crippen molar-refractivity contribution in [2.45, 2.75) is 45.6 Å². The lowest BCUT2D eigenvalue weighted by molar-refractivity contribution is 0.0791. The fraction of sp³-hybridized carbons (Fsp3) is 0.524. The van der Waals surface area contributed by atoms with Gasteiger partial charge in [0.1, 0.15) is 5.82 Å². The highest BCUT2D eigenvalue weighted by Gasteiger charge is 2.20. The minimum atomic E-state index is -0.219. The molecule has 0 saturated carbocycles. The second-order valence-corrected chi connectivity index (χ2v) is 7.67. The van der Waals surface area contributed by atoms with Crippen LogP contribution in [0.1, 0.15) is 49.4 Å². The average molecular weight is 370 g/mol. The Labute approximate surface area is 161 Å². The molecule has 0 unspecified atom stereocenters. The molecule has 27 heavy (non-hydrogen) atoms. The van der Waals surface area contributed by atoms with E-state index in [0.717, 1.165) is 37.1 Å². The number of aromatic nitrogens is 2. The second kappa shape index (κ2) is 9.04. The summed E-state index contributed by atoms with van der Waals surface area (Å²) in [6.07, 6.45) is 3.14. The number of carbonyl (C=O) groups excluding carboxylic acids is 1. The van der Waals surface area contributed by atoms with E-state index in [4.69, 9.17) is 4.74 Å². The Morgan fingerprint density at radius 2 is 2.11 bits per heavy atom. The fourth-order valence-electron chi connectivity index (χ4n) is 3.48. The molecule has 1 aromatic carbocycles. The number of nitrogens with zero attached hydrogens (tertiary/aromatic N) is 2. The number of urea groups is 1. The molecule has 1 aliphatic heterocycles. The lowest BCUT2D eigenvalue weighted by Crippen LogP contribution is -2.29. The van der Waals surface area contributed by atoms with Gasteiger partial charge in [0.15, 0.2) is 0 Å². The topological polar surface area (TPSA) is 68.2 Å². The van der Waals surface area contributed by atoms with Gasteiger partial charge < -0.3 is 10.1 Å². The predicted octanol–water partition coefficient (Wildman–Crippen LogP) is 3.83. The van der Waals surface area contributed by atoms with Crippen molar-refractivity contribution in [3.8, 4) is 0 Å². The number of hydrogen-bond donors (Lipinski definition) is 2. The lowest BCUT2D eigenvalue weighted by Gasteiger charge is -2.19.